The topological polar surface area (TPSA) is 69.6 Å². The van der Waals surface area contributed by atoms with Gasteiger partial charge in [-0.1, -0.05) is 26.0 Å². The van der Waals surface area contributed by atoms with Crippen LogP contribution in [0.2, 0.25) is 0 Å². The van der Waals surface area contributed by atoms with Crippen molar-refractivity contribution in [2.24, 2.45) is 5.92 Å². The smallest absolute Gasteiger partial charge is 0.255 e. The van der Waals surface area contributed by atoms with Crippen LogP contribution in [0.3, 0.4) is 0 Å². The Morgan fingerprint density at radius 2 is 2.18 bits per heavy atom. The van der Waals surface area contributed by atoms with Crippen LogP contribution in [0.15, 0.2) is 18.2 Å². The summed E-state index contributed by atoms with van der Waals surface area (Å²) < 4.78 is 0. The normalized spacial score (nSPS) is 12.2. The number of rotatable bonds is 5. The number of aliphatic hydroxyl groups is 1. The first kappa shape index (κ1) is 13.5. The molecule has 0 aliphatic rings. The third kappa shape index (κ3) is 3.46. The van der Waals surface area contributed by atoms with Crippen molar-refractivity contribution >= 4 is 5.91 Å². The minimum absolute atomic E-state index is 0.00968. The Balaban J connectivity index is 2.75. The predicted molar refractivity (Wildman–Crippen MR) is 66.1 cm³/mol. The minimum Gasteiger partial charge on any atom is -0.507 e. The van der Waals surface area contributed by atoms with Gasteiger partial charge in [0.25, 0.3) is 5.91 Å². The van der Waals surface area contributed by atoms with Gasteiger partial charge in [0.1, 0.15) is 5.75 Å². The molecule has 0 aromatic heterocycles. The largest absolute Gasteiger partial charge is 0.507 e. The highest BCUT2D eigenvalue weighted by Crippen LogP contribution is 2.22. The number of aryl methyl sites for hydroxylation is 1. The molecule has 1 atom stereocenters. The maximum atomic E-state index is 11.8. The van der Waals surface area contributed by atoms with Gasteiger partial charge in [0, 0.05) is 13.2 Å². The number of amides is 1. The summed E-state index contributed by atoms with van der Waals surface area (Å²) in [6.07, 6.45) is 0.681. The summed E-state index contributed by atoms with van der Waals surface area (Å²) in [6, 6.07) is 5.14. The van der Waals surface area contributed by atoms with E-state index in [1.165, 1.54) is 0 Å². The van der Waals surface area contributed by atoms with Gasteiger partial charge in [-0.05, 0) is 24.0 Å². The average molecular weight is 237 g/mol. The van der Waals surface area contributed by atoms with Crippen LogP contribution in [0.1, 0.15) is 29.8 Å². The monoisotopic (exact) mass is 237 g/mol. The molecule has 94 valence electrons. The second-order valence-electron chi connectivity index (χ2n) is 4.16. The van der Waals surface area contributed by atoms with Crippen molar-refractivity contribution < 1.29 is 15.0 Å². The number of carbonyl (C=O) groups is 1. The summed E-state index contributed by atoms with van der Waals surface area (Å²) in [7, 11) is 0. The van der Waals surface area contributed by atoms with Crippen molar-refractivity contribution in [2.75, 3.05) is 13.2 Å². The fourth-order valence-corrected chi connectivity index (χ4v) is 1.49. The first-order chi connectivity index (χ1) is 8.10. The Morgan fingerprint density at radius 3 is 2.76 bits per heavy atom. The molecule has 1 rings (SSSR count). The summed E-state index contributed by atoms with van der Waals surface area (Å²) in [5.74, 6) is -0.252. The van der Waals surface area contributed by atoms with Gasteiger partial charge in [0.2, 0.25) is 0 Å². The van der Waals surface area contributed by atoms with Gasteiger partial charge < -0.3 is 15.5 Å². The number of carbonyl (C=O) groups excluding carboxylic acids is 1. The first-order valence-corrected chi connectivity index (χ1v) is 5.80. The first-order valence-electron chi connectivity index (χ1n) is 5.80. The van der Waals surface area contributed by atoms with Gasteiger partial charge in [-0.15, -0.1) is 0 Å². The van der Waals surface area contributed by atoms with E-state index in [2.05, 4.69) is 5.32 Å². The lowest BCUT2D eigenvalue weighted by Crippen LogP contribution is -2.29. The zero-order chi connectivity index (χ0) is 12.8. The van der Waals surface area contributed by atoms with E-state index in [4.69, 9.17) is 5.11 Å². The highest BCUT2D eigenvalue weighted by Gasteiger charge is 2.13. The van der Waals surface area contributed by atoms with E-state index in [1.54, 1.807) is 18.2 Å². The summed E-state index contributed by atoms with van der Waals surface area (Å²) in [4.78, 5) is 11.8. The highest BCUT2D eigenvalue weighted by atomic mass is 16.3. The Hall–Kier alpha value is -1.55. The Labute approximate surface area is 101 Å². The van der Waals surface area contributed by atoms with E-state index in [0.29, 0.717) is 13.0 Å². The zero-order valence-corrected chi connectivity index (χ0v) is 10.2. The van der Waals surface area contributed by atoms with Gasteiger partial charge in [0.05, 0.1) is 5.56 Å². The maximum Gasteiger partial charge on any atom is 0.255 e. The van der Waals surface area contributed by atoms with Crippen LogP contribution in [-0.4, -0.2) is 29.3 Å². The van der Waals surface area contributed by atoms with Crippen LogP contribution in [0.25, 0.3) is 0 Å². The number of phenols is 1. The van der Waals surface area contributed by atoms with Gasteiger partial charge in [-0.25, -0.2) is 0 Å². The number of aromatic hydroxyl groups is 1. The molecule has 0 spiro atoms. The van der Waals surface area contributed by atoms with Crippen LogP contribution < -0.4 is 5.32 Å². The lowest BCUT2D eigenvalue weighted by molar-refractivity contribution is 0.0939. The van der Waals surface area contributed by atoms with E-state index >= 15 is 0 Å². The third-order valence-corrected chi connectivity index (χ3v) is 2.67. The van der Waals surface area contributed by atoms with Gasteiger partial charge in [-0.2, -0.15) is 0 Å². The molecule has 0 aliphatic heterocycles. The molecule has 1 aromatic carbocycles. The van der Waals surface area contributed by atoms with Crippen molar-refractivity contribution in [1.29, 1.82) is 0 Å². The van der Waals surface area contributed by atoms with Crippen molar-refractivity contribution in [3.8, 4) is 5.75 Å². The SMILES string of the molecule is CCc1cccc(C(=O)NCC(C)CO)c1O. The molecule has 4 heteroatoms. The Kier molecular flexibility index (Phi) is 4.97. The number of hydrogen-bond donors (Lipinski definition) is 3. The summed E-state index contributed by atoms with van der Waals surface area (Å²) in [6.45, 7) is 4.18. The zero-order valence-electron chi connectivity index (χ0n) is 10.2. The second kappa shape index (κ2) is 6.25. The fraction of sp³-hybridized carbons (Fsp3) is 0.462. The second-order valence-corrected chi connectivity index (χ2v) is 4.16. The number of benzene rings is 1. The lowest BCUT2D eigenvalue weighted by atomic mass is 10.1. The number of phenolic OH excluding ortho intramolecular Hbond substituents is 1. The molecule has 0 heterocycles. The highest BCUT2D eigenvalue weighted by molar-refractivity contribution is 5.97. The van der Waals surface area contributed by atoms with Crippen LogP contribution in [-0.2, 0) is 6.42 Å². The van der Waals surface area contributed by atoms with E-state index < -0.39 is 0 Å². The molecule has 3 N–H and O–H groups in total. The molecule has 0 fully saturated rings. The minimum atomic E-state index is -0.307. The molecule has 1 amide bonds. The molecular weight excluding hydrogens is 218 g/mol. The summed E-state index contributed by atoms with van der Waals surface area (Å²) in [5.41, 5.74) is 1.04. The van der Waals surface area contributed by atoms with Gasteiger partial charge >= 0.3 is 0 Å². The van der Waals surface area contributed by atoms with E-state index in [0.717, 1.165) is 5.56 Å². The molecule has 1 unspecified atom stereocenters. The van der Waals surface area contributed by atoms with Crippen LogP contribution in [0.4, 0.5) is 0 Å². The molecule has 0 bridgehead atoms. The number of hydrogen-bond acceptors (Lipinski definition) is 3. The van der Waals surface area contributed by atoms with Crippen LogP contribution in [0.5, 0.6) is 5.75 Å². The molecule has 0 saturated carbocycles. The fourth-order valence-electron chi connectivity index (χ4n) is 1.49. The van der Waals surface area contributed by atoms with Gasteiger partial charge in [0.15, 0.2) is 0 Å². The number of para-hydroxylation sites is 1. The van der Waals surface area contributed by atoms with Crippen molar-refractivity contribution in [2.45, 2.75) is 20.3 Å². The summed E-state index contributed by atoms with van der Waals surface area (Å²) >= 11 is 0. The molecule has 0 aliphatic carbocycles. The van der Waals surface area contributed by atoms with Crippen LogP contribution >= 0.6 is 0 Å². The van der Waals surface area contributed by atoms with Crippen LogP contribution in [0, 0.1) is 5.92 Å². The Bertz CT molecular complexity index is 390. The molecule has 1 aromatic rings. The van der Waals surface area contributed by atoms with Gasteiger partial charge in [-0.3, -0.25) is 4.79 Å². The van der Waals surface area contributed by atoms with E-state index in [9.17, 15) is 9.90 Å². The molecular formula is C13H19NO3. The van der Waals surface area contributed by atoms with E-state index in [1.807, 2.05) is 13.8 Å². The van der Waals surface area contributed by atoms with E-state index in [-0.39, 0.29) is 29.7 Å². The van der Waals surface area contributed by atoms with Crippen molar-refractivity contribution in [1.82, 2.24) is 5.32 Å². The maximum absolute atomic E-state index is 11.8. The standard InChI is InChI=1S/C13H19NO3/c1-3-10-5-4-6-11(12(10)16)13(17)14-7-9(2)8-15/h4-6,9,15-16H,3,7-8H2,1-2H3,(H,14,17). The van der Waals surface area contributed by atoms with Crippen molar-refractivity contribution in [3.05, 3.63) is 29.3 Å². The Morgan fingerprint density at radius 1 is 1.47 bits per heavy atom. The lowest BCUT2D eigenvalue weighted by Gasteiger charge is -2.11. The quantitative estimate of drug-likeness (QED) is 0.723. The number of nitrogens with one attached hydrogen (secondary N) is 1. The molecule has 4 nitrogen and oxygen atoms in total. The molecule has 17 heavy (non-hydrogen) atoms. The molecule has 0 radical (unpaired) electrons. The average Bonchev–Trinajstić information content (AvgIpc) is 2.35. The predicted octanol–water partition coefficient (Wildman–Crippen LogP) is 1.31. The van der Waals surface area contributed by atoms with Crippen molar-refractivity contribution in [3.63, 3.8) is 0 Å². The third-order valence-electron chi connectivity index (χ3n) is 2.67. The molecule has 0 saturated heterocycles. The summed E-state index contributed by atoms with van der Waals surface area (Å²) in [5, 5.41) is 21.4. The number of aliphatic hydroxyl groups excluding tert-OH is 1.